The summed E-state index contributed by atoms with van der Waals surface area (Å²) in [4.78, 5) is 0.847. The smallest absolute Gasteiger partial charge is 0.177 e. The molecular formula is C8H4FIS2. The van der Waals surface area contributed by atoms with Crippen LogP contribution in [0, 0.1) is 8.70 Å². The second kappa shape index (κ2) is 3.16. The van der Waals surface area contributed by atoms with Crippen molar-refractivity contribution in [1.82, 2.24) is 0 Å². The van der Waals surface area contributed by atoms with Crippen LogP contribution in [0.5, 0.6) is 0 Å². The molecule has 0 unspecified atom stereocenters. The third-order valence-corrected chi connectivity index (χ3v) is 4.00. The second-order valence-electron chi connectivity index (χ2n) is 2.36. The van der Waals surface area contributed by atoms with Crippen molar-refractivity contribution < 1.29 is 4.39 Å². The summed E-state index contributed by atoms with van der Waals surface area (Å²) in [7, 11) is 0. The molecule has 0 aliphatic carbocycles. The predicted molar refractivity (Wildman–Crippen MR) is 61.8 cm³/mol. The minimum absolute atomic E-state index is 0.149. The first kappa shape index (κ1) is 8.77. The lowest BCUT2D eigenvalue weighted by molar-refractivity contribution is 0.658. The van der Waals surface area contributed by atoms with E-state index >= 15 is 0 Å². The molecule has 2 rings (SSSR count). The molecule has 0 aliphatic rings. The highest BCUT2D eigenvalue weighted by Gasteiger charge is 2.06. The van der Waals surface area contributed by atoms with Crippen LogP contribution in [0.4, 0.5) is 4.39 Å². The van der Waals surface area contributed by atoms with Crippen molar-refractivity contribution in [3.8, 4) is 0 Å². The highest BCUT2D eigenvalue weighted by Crippen LogP contribution is 2.32. The topological polar surface area (TPSA) is 0 Å². The highest BCUT2D eigenvalue weighted by molar-refractivity contribution is 14.1. The molecule has 0 radical (unpaired) electrons. The summed E-state index contributed by atoms with van der Waals surface area (Å²) >= 11 is 7.59. The zero-order valence-corrected chi connectivity index (χ0v) is 9.71. The van der Waals surface area contributed by atoms with Crippen LogP contribution in [0.1, 0.15) is 0 Å². The van der Waals surface area contributed by atoms with E-state index in [1.54, 1.807) is 6.07 Å². The van der Waals surface area contributed by atoms with E-state index < -0.39 is 0 Å². The Balaban J connectivity index is 2.93. The Labute approximate surface area is 92.3 Å². The van der Waals surface area contributed by atoms with E-state index in [1.165, 1.54) is 0 Å². The molecule has 0 N–H and O–H groups in total. The Morgan fingerprint density at radius 2 is 2.17 bits per heavy atom. The molecule has 1 heterocycles. The van der Waals surface area contributed by atoms with Crippen LogP contribution in [0.25, 0.3) is 10.1 Å². The summed E-state index contributed by atoms with van der Waals surface area (Å²) < 4.78 is 14.9. The largest absolute Gasteiger partial charge is 0.195 e. The molecule has 0 fully saturated rings. The molecular weight excluding hydrogens is 306 g/mol. The minimum Gasteiger partial charge on any atom is -0.195 e. The van der Waals surface area contributed by atoms with Gasteiger partial charge in [0.2, 0.25) is 0 Å². The minimum atomic E-state index is -0.149. The molecule has 0 nitrogen and oxygen atoms in total. The van der Waals surface area contributed by atoms with E-state index in [9.17, 15) is 4.39 Å². The van der Waals surface area contributed by atoms with Gasteiger partial charge in [-0.05, 0) is 40.8 Å². The Bertz CT molecular complexity index is 397. The van der Waals surface area contributed by atoms with Crippen molar-refractivity contribution in [1.29, 1.82) is 0 Å². The van der Waals surface area contributed by atoms with Gasteiger partial charge in [0.1, 0.15) is 0 Å². The highest BCUT2D eigenvalue weighted by atomic mass is 127. The lowest BCUT2D eigenvalue weighted by atomic mass is 10.3. The maximum absolute atomic E-state index is 12.9. The van der Waals surface area contributed by atoms with Gasteiger partial charge in [-0.3, -0.25) is 0 Å². The molecule has 1 aromatic carbocycles. The number of benzene rings is 1. The van der Waals surface area contributed by atoms with Gasteiger partial charge >= 0.3 is 0 Å². The van der Waals surface area contributed by atoms with Gasteiger partial charge in [0.15, 0.2) is 5.13 Å². The summed E-state index contributed by atoms with van der Waals surface area (Å²) in [5, 5.41) is 0.815. The number of halogens is 2. The van der Waals surface area contributed by atoms with Crippen LogP contribution in [0.3, 0.4) is 0 Å². The molecule has 0 amide bonds. The number of rotatable bonds is 0. The van der Waals surface area contributed by atoms with Crippen molar-refractivity contribution in [3.05, 3.63) is 26.9 Å². The summed E-state index contributed by atoms with van der Waals surface area (Å²) in [6.07, 6.45) is 0. The molecule has 0 aliphatic heterocycles. The van der Waals surface area contributed by atoms with Gasteiger partial charge in [-0.15, -0.1) is 24.0 Å². The van der Waals surface area contributed by atoms with Crippen LogP contribution in [0.15, 0.2) is 23.1 Å². The Kier molecular flexibility index (Phi) is 2.31. The molecule has 0 bridgehead atoms. The van der Waals surface area contributed by atoms with Gasteiger partial charge in [0.05, 0.1) is 4.70 Å². The molecule has 0 spiro atoms. The fraction of sp³-hybridized carbons (Fsp3) is 0. The van der Waals surface area contributed by atoms with Gasteiger partial charge < -0.3 is 0 Å². The third kappa shape index (κ3) is 1.36. The standard InChI is InChI=1S/C8H4FIS2/c9-7-3-4-5(10)1-2-6(11)8(4)12-7/h1-3,11H. The van der Waals surface area contributed by atoms with Crippen LogP contribution in [-0.4, -0.2) is 0 Å². The normalized spacial score (nSPS) is 10.9. The van der Waals surface area contributed by atoms with Crippen molar-refractivity contribution in [2.75, 3.05) is 0 Å². The van der Waals surface area contributed by atoms with Crippen molar-refractivity contribution >= 4 is 56.6 Å². The molecule has 1 aromatic heterocycles. The molecule has 0 atom stereocenters. The Morgan fingerprint density at radius 1 is 1.42 bits per heavy atom. The number of thiol groups is 1. The Morgan fingerprint density at radius 3 is 2.83 bits per heavy atom. The van der Waals surface area contributed by atoms with E-state index in [2.05, 4.69) is 35.2 Å². The quantitative estimate of drug-likeness (QED) is 0.553. The number of hydrogen-bond donors (Lipinski definition) is 1. The van der Waals surface area contributed by atoms with E-state index in [0.29, 0.717) is 0 Å². The monoisotopic (exact) mass is 310 g/mol. The summed E-state index contributed by atoms with van der Waals surface area (Å²) in [5.74, 6) is 0. The summed E-state index contributed by atoms with van der Waals surface area (Å²) in [6, 6.07) is 5.39. The molecule has 0 saturated heterocycles. The molecule has 12 heavy (non-hydrogen) atoms. The first-order valence-electron chi connectivity index (χ1n) is 3.25. The van der Waals surface area contributed by atoms with Crippen molar-refractivity contribution in [2.24, 2.45) is 0 Å². The zero-order valence-electron chi connectivity index (χ0n) is 5.84. The third-order valence-electron chi connectivity index (χ3n) is 1.58. The van der Waals surface area contributed by atoms with Gasteiger partial charge in [0, 0.05) is 13.9 Å². The van der Waals surface area contributed by atoms with Crippen LogP contribution in [-0.2, 0) is 0 Å². The van der Waals surface area contributed by atoms with Gasteiger partial charge in [-0.2, -0.15) is 4.39 Å². The SMILES string of the molecule is Fc1cc2c(I)ccc(S)c2s1. The van der Waals surface area contributed by atoms with Crippen molar-refractivity contribution in [3.63, 3.8) is 0 Å². The first-order chi connectivity index (χ1) is 5.68. The van der Waals surface area contributed by atoms with Crippen LogP contribution < -0.4 is 0 Å². The van der Waals surface area contributed by atoms with Gasteiger partial charge in [0.25, 0.3) is 0 Å². The average molecular weight is 310 g/mol. The fourth-order valence-electron chi connectivity index (χ4n) is 1.05. The molecule has 2 aromatic rings. The van der Waals surface area contributed by atoms with Crippen molar-refractivity contribution in [2.45, 2.75) is 4.90 Å². The van der Waals surface area contributed by atoms with Gasteiger partial charge in [-0.1, -0.05) is 0 Å². The van der Waals surface area contributed by atoms with Crippen LogP contribution in [0.2, 0.25) is 0 Å². The summed E-state index contributed by atoms with van der Waals surface area (Å²) in [5.41, 5.74) is 0. The lowest BCUT2D eigenvalue weighted by Gasteiger charge is -1.95. The molecule has 0 saturated carbocycles. The van der Waals surface area contributed by atoms with Crippen LogP contribution >= 0.6 is 46.6 Å². The lowest BCUT2D eigenvalue weighted by Crippen LogP contribution is -1.72. The second-order valence-corrected chi connectivity index (χ2v) is 5.01. The predicted octanol–water partition coefficient (Wildman–Crippen LogP) is 3.93. The zero-order chi connectivity index (χ0) is 8.72. The summed E-state index contributed by atoms with van der Waals surface area (Å²) in [6.45, 7) is 0. The van der Waals surface area contributed by atoms with E-state index in [0.717, 1.165) is 29.9 Å². The maximum atomic E-state index is 12.9. The fourth-order valence-corrected chi connectivity index (χ4v) is 2.99. The van der Waals surface area contributed by atoms with E-state index in [1.807, 2.05) is 12.1 Å². The number of hydrogen-bond acceptors (Lipinski definition) is 2. The number of thiophene rings is 1. The van der Waals surface area contributed by atoms with E-state index in [4.69, 9.17) is 0 Å². The Hall–Kier alpha value is 0.190. The van der Waals surface area contributed by atoms with Gasteiger partial charge in [-0.25, -0.2) is 0 Å². The average Bonchev–Trinajstić information content (AvgIpc) is 2.41. The first-order valence-corrected chi connectivity index (χ1v) is 5.59. The number of fused-ring (bicyclic) bond motifs is 1. The molecule has 4 heteroatoms. The van der Waals surface area contributed by atoms with E-state index in [-0.39, 0.29) is 5.13 Å². The maximum Gasteiger partial charge on any atom is 0.177 e. The molecule has 62 valence electrons.